The molecule has 0 amide bonds. The molecule has 0 bridgehead atoms. The molecule has 170 valence electrons. The number of ether oxygens (including phenoxy) is 5. The molecule has 34 heavy (non-hydrogen) atoms. The van der Waals surface area contributed by atoms with Crippen LogP contribution in [0.2, 0.25) is 0 Å². The Kier molecular flexibility index (Phi) is 6.91. The van der Waals surface area contributed by atoms with Gasteiger partial charge in [0.1, 0.15) is 13.2 Å². The molecule has 3 aromatic rings. The van der Waals surface area contributed by atoms with Crippen LogP contribution in [0, 0.1) is 23.7 Å². The van der Waals surface area contributed by atoms with E-state index in [0.717, 1.165) is 11.1 Å². The molecule has 0 saturated carbocycles. The summed E-state index contributed by atoms with van der Waals surface area (Å²) in [6, 6.07) is 16.1. The van der Waals surface area contributed by atoms with Crippen molar-refractivity contribution in [2.45, 2.75) is 0 Å². The molecule has 1 aliphatic rings. The first kappa shape index (κ1) is 22.6. The first-order valence-electron chi connectivity index (χ1n) is 10.5. The molecule has 0 aromatic heterocycles. The number of benzene rings is 3. The van der Waals surface area contributed by atoms with Crippen molar-refractivity contribution in [2.24, 2.45) is 0 Å². The van der Waals surface area contributed by atoms with E-state index >= 15 is 0 Å². The number of rotatable bonds is 3. The number of carbonyl (C=O) groups excluding carboxylic acids is 1. The summed E-state index contributed by atoms with van der Waals surface area (Å²) in [5.41, 5.74) is 3.40. The first-order chi connectivity index (χ1) is 16.6. The SMILES string of the molecule is COC(=O)c1ccc(C#Cc2cc3c(cc2C#Cc2ccc(OC)c(OC)c2)OCCO3)cc1. The average molecular weight is 454 g/mol. The lowest BCUT2D eigenvalue weighted by Crippen LogP contribution is -2.15. The van der Waals surface area contributed by atoms with Crippen molar-refractivity contribution in [1.82, 2.24) is 0 Å². The molecule has 0 N–H and O–H groups in total. The summed E-state index contributed by atoms with van der Waals surface area (Å²) in [5, 5.41) is 0. The Morgan fingerprint density at radius 2 is 1.26 bits per heavy atom. The van der Waals surface area contributed by atoms with E-state index in [-0.39, 0.29) is 5.97 Å². The van der Waals surface area contributed by atoms with Crippen LogP contribution in [0.4, 0.5) is 0 Å². The number of methoxy groups -OCH3 is 3. The van der Waals surface area contributed by atoms with Gasteiger partial charge in [-0.2, -0.15) is 0 Å². The van der Waals surface area contributed by atoms with Gasteiger partial charge in [0, 0.05) is 34.4 Å². The number of hydrogen-bond acceptors (Lipinski definition) is 6. The van der Waals surface area contributed by atoms with Gasteiger partial charge in [-0.15, -0.1) is 0 Å². The molecule has 0 radical (unpaired) electrons. The zero-order valence-electron chi connectivity index (χ0n) is 19.1. The largest absolute Gasteiger partial charge is 0.493 e. The molecule has 1 aliphatic heterocycles. The van der Waals surface area contributed by atoms with Gasteiger partial charge in [-0.1, -0.05) is 23.7 Å². The van der Waals surface area contributed by atoms with E-state index in [1.165, 1.54) is 7.11 Å². The van der Waals surface area contributed by atoms with Crippen molar-refractivity contribution < 1.29 is 28.5 Å². The van der Waals surface area contributed by atoms with Crippen molar-refractivity contribution in [3.8, 4) is 46.7 Å². The monoisotopic (exact) mass is 454 g/mol. The number of carbonyl (C=O) groups is 1. The summed E-state index contributed by atoms with van der Waals surface area (Å²) >= 11 is 0. The Bertz CT molecular complexity index is 1330. The third-order valence-corrected chi connectivity index (χ3v) is 5.05. The van der Waals surface area contributed by atoms with E-state index in [4.69, 9.17) is 23.7 Å². The number of hydrogen-bond donors (Lipinski definition) is 0. The van der Waals surface area contributed by atoms with E-state index in [0.29, 0.717) is 52.9 Å². The molecule has 0 atom stereocenters. The molecule has 0 fully saturated rings. The van der Waals surface area contributed by atoms with Gasteiger partial charge in [0.05, 0.1) is 26.9 Å². The molecule has 6 nitrogen and oxygen atoms in total. The van der Waals surface area contributed by atoms with Crippen LogP contribution in [-0.4, -0.2) is 40.5 Å². The molecule has 3 aromatic carbocycles. The fourth-order valence-electron chi connectivity index (χ4n) is 3.30. The van der Waals surface area contributed by atoms with Crippen molar-refractivity contribution in [2.75, 3.05) is 34.5 Å². The van der Waals surface area contributed by atoms with E-state index in [1.807, 2.05) is 30.3 Å². The summed E-state index contributed by atoms with van der Waals surface area (Å²) in [7, 11) is 4.52. The van der Waals surface area contributed by atoms with Crippen molar-refractivity contribution >= 4 is 5.97 Å². The quantitative estimate of drug-likeness (QED) is 0.439. The maximum absolute atomic E-state index is 11.6. The summed E-state index contributed by atoms with van der Waals surface area (Å²) in [6.07, 6.45) is 0. The van der Waals surface area contributed by atoms with Crippen LogP contribution < -0.4 is 18.9 Å². The molecule has 1 heterocycles. The number of fused-ring (bicyclic) bond motifs is 1. The summed E-state index contributed by atoms with van der Waals surface area (Å²) in [4.78, 5) is 11.6. The second kappa shape index (κ2) is 10.4. The van der Waals surface area contributed by atoms with Crippen molar-refractivity contribution in [1.29, 1.82) is 0 Å². The first-order valence-corrected chi connectivity index (χ1v) is 10.5. The third kappa shape index (κ3) is 5.09. The Hall–Kier alpha value is -4.55. The van der Waals surface area contributed by atoms with Crippen LogP contribution in [0.25, 0.3) is 0 Å². The minimum absolute atomic E-state index is 0.390. The van der Waals surface area contributed by atoms with Gasteiger partial charge < -0.3 is 23.7 Å². The molecule has 0 aliphatic carbocycles. The predicted molar refractivity (Wildman–Crippen MR) is 127 cm³/mol. The normalized spacial score (nSPS) is 11.3. The standard InChI is InChI=1S/C28H22O6/c1-30-24-13-8-20(16-25(24)31-2)7-12-23-18-27-26(33-14-15-34-27)17-22(23)11-6-19-4-9-21(10-5-19)28(29)32-3/h4-5,8-10,13,16-18H,14-15H2,1-3H3. The third-order valence-electron chi connectivity index (χ3n) is 5.05. The molecular formula is C28H22O6. The van der Waals surface area contributed by atoms with Crippen LogP contribution in [0.15, 0.2) is 54.6 Å². The zero-order valence-corrected chi connectivity index (χ0v) is 19.1. The lowest BCUT2D eigenvalue weighted by Gasteiger charge is -2.19. The van der Waals surface area contributed by atoms with Gasteiger partial charge in [0.25, 0.3) is 0 Å². The van der Waals surface area contributed by atoms with Crippen LogP contribution in [0.3, 0.4) is 0 Å². The molecular weight excluding hydrogens is 432 g/mol. The van der Waals surface area contributed by atoms with E-state index in [1.54, 1.807) is 38.5 Å². The van der Waals surface area contributed by atoms with Gasteiger partial charge in [-0.05, 0) is 42.5 Å². The average Bonchev–Trinajstić information content (AvgIpc) is 2.90. The van der Waals surface area contributed by atoms with Crippen molar-refractivity contribution in [3.63, 3.8) is 0 Å². The smallest absolute Gasteiger partial charge is 0.337 e. The number of esters is 1. The maximum Gasteiger partial charge on any atom is 0.337 e. The zero-order chi connectivity index (χ0) is 23.9. The Labute approximate surface area is 198 Å². The second-order valence-corrected chi connectivity index (χ2v) is 7.18. The fourth-order valence-corrected chi connectivity index (χ4v) is 3.30. The Balaban J connectivity index is 1.70. The molecule has 0 spiro atoms. The summed E-state index contributed by atoms with van der Waals surface area (Å²) < 4.78 is 26.8. The summed E-state index contributed by atoms with van der Waals surface area (Å²) in [6.45, 7) is 0.957. The fraction of sp³-hybridized carbons (Fsp3) is 0.179. The topological polar surface area (TPSA) is 63.2 Å². The highest BCUT2D eigenvalue weighted by molar-refractivity contribution is 5.89. The van der Waals surface area contributed by atoms with Crippen LogP contribution in [-0.2, 0) is 4.74 Å². The second-order valence-electron chi connectivity index (χ2n) is 7.18. The van der Waals surface area contributed by atoms with Crippen LogP contribution in [0.5, 0.6) is 23.0 Å². The van der Waals surface area contributed by atoms with Gasteiger partial charge >= 0.3 is 5.97 Å². The van der Waals surface area contributed by atoms with E-state index in [2.05, 4.69) is 23.7 Å². The minimum atomic E-state index is -0.390. The lowest BCUT2D eigenvalue weighted by molar-refractivity contribution is 0.0600. The highest BCUT2D eigenvalue weighted by Gasteiger charge is 2.14. The predicted octanol–water partition coefficient (Wildman–Crippen LogP) is 4.06. The van der Waals surface area contributed by atoms with Gasteiger partial charge in [0.15, 0.2) is 23.0 Å². The molecule has 0 saturated heterocycles. The van der Waals surface area contributed by atoms with E-state index in [9.17, 15) is 4.79 Å². The summed E-state index contributed by atoms with van der Waals surface area (Å²) in [5.74, 6) is 14.8. The van der Waals surface area contributed by atoms with Crippen LogP contribution in [0.1, 0.15) is 32.6 Å². The van der Waals surface area contributed by atoms with Gasteiger partial charge in [0.2, 0.25) is 0 Å². The highest BCUT2D eigenvalue weighted by Crippen LogP contribution is 2.33. The van der Waals surface area contributed by atoms with Crippen molar-refractivity contribution in [3.05, 3.63) is 82.4 Å². The molecule has 4 rings (SSSR count). The Morgan fingerprint density at radius 3 is 1.82 bits per heavy atom. The minimum Gasteiger partial charge on any atom is -0.493 e. The maximum atomic E-state index is 11.6. The molecule has 0 unspecified atom stereocenters. The van der Waals surface area contributed by atoms with Crippen LogP contribution >= 0.6 is 0 Å². The Morgan fingerprint density at radius 1 is 0.706 bits per heavy atom. The van der Waals surface area contributed by atoms with E-state index < -0.39 is 0 Å². The molecule has 6 heteroatoms. The van der Waals surface area contributed by atoms with Gasteiger partial charge in [-0.25, -0.2) is 4.79 Å². The lowest BCUT2D eigenvalue weighted by atomic mass is 10.0. The van der Waals surface area contributed by atoms with Gasteiger partial charge in [-0.3, -0.25) is 0 Å². The highest BCUT2D eigenvalue weighted by atomic mass is 16.6.